The van der Waals surface area contributed by atoms with E-state index in [1.54, 1.807) is 0 Å². The van der Waals surface area contributed by atoms with Gasteiger partial charge in [-0.25, -0.2) is 4.79 Å². The van der Waals surface area contributed by atoms with Crippen LogP contribution in [0.15, 0.2) is 0 Å². The summed E-state index contributed by atoms with van der Waals surface area (Å²) in [6, 6.07) is 0. The molecule has 0 aliphatic heterocycles. The van der Waals surface area contributed by atoms with Gasteiger partial charge in [-0.15, -0.1) is 23.2 Å². The molecule has 0 saturated carbocycles. The van der Waals surface area contributed by atoms with E-state index in [1.165, 1.54) is 0 Å². The highest BCUT2D eigenvalue weighted by Crippen LogP contribution is 2.00. The Kier molecular flexibility index (Phi) is 3.73. The van der Waals surface area contributed by atoms with Crippen molar-refractivity contribution < 1.29 is 14.6 Å². The van der Waals surface area contributed by atoms with Crippen LogP contribution >= 0.6 is 23.2 Å². The Labute approximate surface area is 56.1 Å². The Hall–Kier alpha value is -0.150. The van der Waals surface area contributed by atoms with Gasteiger partial charge in [0.05, 0.1) is 0 Å². The van der Waals surface area contributed by atoms with Gasteiger partial charge in [-0.1, -0.05) is 0 Å². The maximum atomic E-state index is 9.56. The van der Waals surface area contributed by atoms with Gasteiger partial charge in [0.25, 0.3) is 0 Å². The van der Waals surface area contributed by atoms with Crippen molar-refractivity contribution in [3.63, 3.8) is 0 Å². The van der Waals surface area contributed by atoms with Gasteiger partial charge < -0.3 is 9.84 Å². The lowest BCUT2D eigenvalue weighted by molar-refractivity contribution is 0.0954. The lowest BCUT2D eigenvalue weighted by Crippen LogP contribution is -2.06. The van der Waals surface area contributed by atoms with E-state index in [2.05, 4.69) is 4.74 Å². The summed E-state index contributed by atoms with van der Waals surface area (Å²) < 4.78 is 3.96. The molecule has 1 N–H and O–H groups in total. The molecule has 3 nitrogen and oxygen atoms in total. The molecule has 0 atom stereocenters. The molecule has 0 aromatic carbocycles. The standard InChI is InChI=1S/C3H4Cl2O3/c4-2(5)1-8-3(6)7/h2H,1H2,(H,6,7). The monoisotopic (exact) mass is 158 g/mol. The van der Waals surface area contributed by atoms with Crippen molar-refractivity contribution in [1.29, 1.82) is 0 Å². The first-order chi connectivity index (χ1) is 3.63. The summed E-state index contributed by atoms with van der Waals surface area (Å²) in [5, 5.41) is 7.82. The Bertz CT molecular complexity index is 82.6. The number of carboxylic acid groups (broad SMARTS) is 1. The fourth-order valence-corrected chi connectivity index (χ4v) is 0.260. The third-order valence-electron chi connectivity index (χ3n) is 0.333. The summed E-state index contributed by atoms with van der Waals surface area (Å²) in [6.45, 7) is -0.182. The molecule has 0 fully saturated rings. The first-order valence-electron chi connectivity index (χ1n) is 1.77. The minimum absolute atomic E-state index is 0.182. The average molecular weight is 159 g/mol. The molecular formula is C3H4Cl2O3. The smallest absolute Gasteiger partial charge is 0.450 e. The van der Waals surface area contributed by atoms with Crippen molar-refractivity contribution >= 4 is 29.4 Å². The SMILES string of the molecule is O=C(O)OCC(Cl)Cl. The summed E-state index contributed by atoms with van der Waals surface area (Å²) in [5.74, 6) is 0. The quantitative estimate of drug-likeness (QED) is 0.490. The van der Waals surface area contributed by atoms with Crippen molar-refractivity contribution in [2.24, 2.45) is 0 Å². The van der Waals surface area contributed by atoms with Crippen LogP contribution < -0.4 is 0 Å². The van der Waals surface area contributed by atoms with E-state index >= 15 is 0 Å². The van der Waals surface area contributed by atoms with Crippen molar-refractivity contribution in [3.05, 3.63) is 0 Å². The van der Waals surface area contributed by atoms with E-state index in [-0.39, 0.29) is 6.61 Å². The van der Waals surface area contributed by atoms with Crippen molar-refractivity contribution in [3.8, 4) is 0 Å². The van der Waals surface area contributed by atoms with Crippen LogP contribution in [0.4, 0.5) is 4.79 Å². The Morgan fingerprint density at radius 2 is 2.25 bits per heavy atom. The first kappa shape index (κ1) is 7.85. The molecule has 8 heavy (non-hydrogen) atoms. The van der Waals surface area contributed by atoms with Gasteiger partial charge in [0.1, 0.15) is 11.4 Å². The highest BCUT2D eigenvalue weighted by atomic mass is 35.5. The second-order valence-corrected chi connectivity index (χ2v) is 2.25. The van der Waals surface area contributed by atoms with Gasteiger partial charge in [-0.05, 0) is 0 Å². The number of hydrogen-bond donors (Lipinski definition) is 1. The van der Waals surface area contributed by atoms with E-state index in [1.807, 2.05) is 0 Å². The normalized spacial score (nSPS) is 9.38. The molecule has 0 heterocycles. The molecule has 0 amide bonds. The van der Waals surface area contributed by atoms with Crippen LogP contribution in [0.3, 0.4) is 0 Å². The molecule has 0 aliphatic carbocycles. The van der Waals surface area contributed by atoms with Crippen molar-refractivity contribution in [2.75, 3.05) is 6.61 Å². The molecule has 0 rings (SSSR count). The Balaban J connectivity index is 3.05. The second kappa shape index (κ2) is 3.80. The van der Waals surface area contributed by atoms with Gasteiger partial charge in [-0.2, -0.15) is 0 Å². The van der Waals surface area contributed by atoms with Crippen LogP contribution in [-0.4, -0.2) is 22.7 Å². The van der Waals surface area contributed by atoms with Gasteiger partial charge in [0, 0.05) is 0 Å². The van der Waals surface area contributed by atoms with Gasteiger partial charge in [-0.3, -0.25) is 0 Å². The summed E-state index contributed by atoms with van der Waals surface area (Å²) in [7, 11) is 0. The number of hydrogen-bond acceptors (Lipinski definition) is 2. The summed E-state index contributed by atoms with van der Waals surface area (Å²) in [4.78, 5) is 8.79. The Morgan fingerprint density at radius 3 is 2.38 bits per heavy atom. The van der Waals surface area contributed by atoms with Crippen LogP contribution in [0.25, 0.3) is 0 Å². The predicted molar refractivity (Wildman–Crippen MR) is 29.5 cm³/mol. The fraction of sp³-hybridized carbons (Fsp3) is 0.667. The van der Waals surface area contributed by atoms with Crippen LogP contribution in [-0.2, 0) is 4.74 Å². The maximum Gasteiger partial charge on any atom is 0.505 e. The summed E-state index contributed by atoms with van der Waals surface area (Å²) in [5.41, 5.74) is 0. The van der Waals surface area contributed by atoms with Crippen molar-refractivity contribution in [1.82, 2.24) is 0 Å². The minimum Gasteiger partial charge on any atom is -0.450 e. The molecule has 0 unspecified atom stereocenters. The molecule has 48 valence electrons. The molecule has 0 bridgehead atoms. The number of rotatable bonds is 2. The number of halogens is 2. The highest BCUT2D eigenvalue weighted by molar-refractivity contribution is 6.44. The molecule has 0 spiro atoms. The lowest BCUT2D eigenvalue weighted by atomic mass is 10.8. The van der Waals surface area contributed by atoms with Gasteiger partial charge >= 0.3 is 6.16 Å². The third kappa shape index (κ3) is 5.85. The molecule has 0 aliphatic rings. The number of ether oxygens (including phenoxy) is 1. The van der Waals surface area contributed by atoms with Gasteiger partial charge in [0.2, 0.25) is 0 Å². The highest BCUT2D eigenvalue weighted by Gasteiger charge is 2.01. The van der Waals surface area contributed by atoms with Crippen LogP contribution in [0.2, 0.25) is 0 Å². The number of alkyl halides is 2. The van der Waals surface area contributed by atoms with E-state index in [9.17, 15) is 4.79 Å². The average Bonchev–Trinajstić information content (AvgIpc) is 1.61. The number of carbonyl (C=O) groups is 1. The molecule has 0 radical (unpaired) electrons. The zero-order chi connectivity index (χ0) is 6.57. The van der Waals surface area contributed by atoms with Crippen LogP contribution in [0.5, 0.6) is 0 Å². The molecular weight excluding hydrogens is 155 g/mol. The van der Waals surface area contributed by atoms with E-state index in [0.29, 0.717) is 0 Å². The second-order valence-electron chi connectivity index (χ2n) is 0.968. The topological polar surface area (TPSA) is 46.5 Å². The van der Waals surface area contributed by atoms with Crippen LogP contribution in [0, 0.1) is 0 Å². The Morgan fingerprint density at radius 1 is 1.75 bits per heavy atom. The molecule has 5 heteroatoms. The van der Waals surface area contributed by atoms with E-state index in [4.69, 9.17) is 28.3 Å². The minimum atomic E-state index is -1.36. The molecule has 0 aromatic rings. The molecule has 0 saturated heterocycles. The summed E-state index contributed by atoms with van der Waals surface area (Å²) in [6.07, 6.45) is -1.36. The van der Waals surface area contributed by atoms with Crippen molar-refractivity contribution in [2.45, 2.75) is 4.84 Å². The maximum absolute atomic E-state index is 9.56. The zero-order valence-electron chi connectivity index (χ0n) is 3.80. The third-order valence-corrected chi connectivity index (χ3v) is 0.585. The fourth-order valence-electron chi connectivity index (χ4n) is 0.134. The van der Waals surface area contributed by atoms with Gasteiger partial charge in [0.15, 0.2) is 0 Å². The first-order valence-corrected chi connectivity index (χ1v) is 2.64. The largest absolute Gasteiger partial charge is 0.505 e. The summed E-state index contributed by atoms with van der Waals surface area (Å²) >= 11 is 10.2. The zero-order valence-corrected chi connectivity index (χ0v) is 5.32. The van der Waals surface area contributed by atoms with Crippen LogP contribution in [0.1, 0.15) is 0 Å². The lowest BCUT2D eigenvalue weighted by Gasteiger charge is -1.97. The molecule has 0 aromatic heterocycles. The van der Waals surface area contributed by atoms with E-state index in [0.717, 1.165) is 0 Å². The van der Waals surface area contributed by atoms with E-state index < -0.39 is 11.0 Å². The predicted octanol–water partition coefficient (Wildman–Crippen LogP) is 1.48.